The second kappa shape index (κ2) is 7.13. The van der Waals surface area contributed by atoms with Gasteiger partial charge >= 0.3 is 0 Å². The summed E-state index contributed by atoms with van der Waals surface area (Å²) in [6.45, 7) is 3.96. The van der Waals surface area contributed by atoms with Crippen LogP contribution in [0.15, 0.2) is 58.8 Å². The molecule has 0 aliphatic carbocycles. The summed E-state index contributed by atoms with van der Waals surface area (Å²) in [5.41, 5.74) is 4.97. The molecule has 7 heteroatoms. The number of hydrogen-bond donors (Lipinski definition) is 1. The Morgan fingerprint density at radius 1 is 1.11 bits per heavy atom. The number of benzene rings is 1. The van der Waals surface area contributed by atoms with E-state index in [1.165, 1.54) is 17.7 Å². The minimum Gasteiger partial charge on any atom is -0.438 e. The van der Waals surface area contributed by atoms with E-state index < -0.39 is 0 Å². The van der Waals surface area contributed by atoms with Gasteiger partial charge in [0.15, 0.2) is 11.5 Å². The van der Waals surface area contributed by atoms with Crippen LogP contribution in [0.1, 0.15) is 21.7 Å². The molecule has 1 amide bonds. The minimum absolute atomic E-state index is 0.159. The standard InChI is InChI=1S/C20H16N4O2S/c1-12-5-3-7-14(9-12)17-18(26-11-22-17)19(25)24-20-23-15(10-27-20)16-13(2)6-4-8-21-16/h3-11H,1-2H3,(H,23,24,25). The molecule has 134 valence electrons. The summed E-state index contributed by atoms with van der Waals surface area (Å²) in [4.78, 5) is 25.7. The molecule has 27 heavy (non-hydrogen) atoms. The summed E-state index contributed by atoms with van der Waals surface area (Å²) in [5, 5.41) is 5.13. The second-order valence-corrected chi connectivity index (χ2v) is 6.92. The highest BCUT2D eigenvalue weighted by molar-refractivity contribution is 7.14. The summed E-state index contributed by atoms with van der Waals surface area (Å²) in [6, 6.07) is 11.6. The molecule has 6 nitrogen and oxygen atoms in total. The molecule has 4 aromatic rings. The van der Waals surface area contributed by atoms with Gasteiger partial charge in [-0.2, -0.15) is 0 Å². The monoisotopic (exact) mass is 376 g/mol. The van der Waals surface area contributed by atoms with Crippen molar-refractivity contribution in [2.24, 2.45) is 0 Å². The van der Waals surface area contributed by atoms with Gasteiger partial charge in [0.05, 0.1) is 5.69 Å². The molecule has 0 bridgehead atoms. The third kappa shape index (κ3) is 3.50. The lowest BCUT2D eigenvalue weighted by atomic mass is 10.1. The largest absolute Gasteiger partial charge is 0.438 e. The van der Waals surface area contributed by atoms with E-state index >= 15 is 0 Å². The van der Waals surface area contributed by atoms with Gasteiger partial charge in [0, 0.05) is 17.1 Å². The Labute approximate surface area is 160 Å². The number of pyridine rings is 1. The molecule has 0 aliphatic rings. The summed E-state index contributed by atoms with van der Waals surface area (Å²) in [7, 11) is 0. The van der Waals surface area contributed by atoms with Gasteiger partial charge in [0.25, 0.3) is 5.91 Å². The van der Waals surface area contributed by atoms with Gasteiger partial charge < -0.3 is 4.42 Å². The molecule has 3 heterocycles. The fraction of sp³-hybridized carbons (Fsp3) is 0.100. The Hall–Kier alpha value is -3.32. The number of aromatic nitrogens is 3. The number of carbonyl (C=O) groups is 1. The first-order valence-corrected chi connectivity index (χ1v) is 9.19. The molecule has 0 spiro atoms. The highest BCUT2D eigenvalue weighted by Crippen LogP contribution is 2.27. The smallest absolute Gasteiger partial charge is 0.295 e. The maximum absolute atomic E-state index is 12.7. The zero-order valence-electron chi connectivity index (χ0n) is 14.8. The third-order valence-corrected chi connectivity index (χ3v) is 4.80. The van der Waals surface area contributed by atoms with E-state index in [1.54, 1.807) is 6.20 Å². The highest BCUT2D eigenvalue weighted by Gasteiger charge is 2.20. The molecular formula is C20H16N4O2S. The second-order valence-electron chi connectivity index (χ2n) is 6.06. The summed E-state index contributed by atoms with van der Waals surface area (Å²) in [6.07, 6.45) is 3.00. The van der Waals surface area contributed by atoms with Crippen LogP contribution in [0.4, 0.5) is 5.13 Å². The van der Waals surface area contributed by atoms with Crippen molar-refractivity contribution in [2.45, 2.75) is 13.8 Å². The quantitative estimate of drug-likeness (QED) is 0.557. The first kappa shape index (κ1) is 17.1. The Morgan fingerprint density at radius 3 is 2.81 bits per heavy atom. The molecule has 0 saturated heterocycles. The fourth-order valence-electron chi connectivity index (χ4n) is 2.75. The van der Waals surface area contributed by atoms with Crippen molar-refractivity contribution in [3.05, 3.63) is 71.3 Å². The van der Waals surface area contributed by atoms with E-state index in [0.29, 0.717) is 10.8 Å². The van der Waals surface area contributed by atoms with Gasteiger partial charge in [-0.25, -0.2) is 9.97 Å². The van der Waals surface area contributed by atoms with Crippen molar-refractivity contribution in [2.75, 3.05) is 5.32 Å². The van der Waals surface area contributed by atoms with Crippen molar-refractivity contribution in [3.63, 3.8) is 0 Å². The first-order chi connectivity index (χ1) is 13.1. The summed E-state index contributed by atoms with van der Waals surface area (Å²) >= 11 is 1.34. The van der Waals surface area contributed by atoms with Crippen LogP contribution < -0.4 is 5.32 Å². The molecular weight excluding hydrogens is 360 g/mol. The fourth-order valence-corrected chi connectivity index (χ4v) is 3.44. The van der Waals surface area contributed by atoms with Crippen molar-refractivity contribution in [1.82, 2.24) is 15.0 Å². The van der Waals surface area contributed by atoms with E-state index in [2.05, 4.69) is 20.3 Å². The van der Waals surface area contributed by atoms with Crippen LogP contribution in [-0.4, -0.2) is 20.9 Å². The lowest BCUT2D eigenvalue weighted by molar-refractivity contribution is 0.0997. The van der Waals surface area contributed by atoms with Crippen LogP contribution in [0.25, 0.3) is 22.6 Å². The van der Waals surface area contributed by atoms with Gasteiger partial charge in [0.2, 0.25) is 5.76 Å². The summed E-state index contributed by atoms with van der Waals surface area (Å²) in [5.74, 6) is -0.228. The number of oxazole rings is 1. The number of nitrogens with one attached hydrogen (secondary N) is 1. The predicted molar refractivity (Wildman–Crippen MR) is 105 cm³/mol. The zero-order valence-corrected chi connectivity index (χ0v) is 15.6. The molecule has 0 unspecified atom stereocenters. The van der Waals surface area contributed by atoms with E-state index in [-0.39, 0.29) is 11.7 Å². The third-order valence-electron chi connectivity index (χ3n) is 4.04. The lowest BCUT2D eigenvalue weighted by Gasteiger charge is -2.03. The maximum Gasteiger partial charge on any atom is 0.295 e. The zero-order chi connectivity index (χ0) is 18.8. The molecule has 1 aromatic carbocycles. The van der Waals surface area contributed by atoms with E-state index in [9.17, 15) is 4.79 Å². The molecule has 0 radical (unpaired) electrons. The topological polar surface area (TPSA) is 80.9 Å². The number of aryl methyl sites for hydroxylation is 2. The van der Waals surface area contributed by atoms with Crippen molar-refractivity contribution in [3.8, 4) is 22.6 Å². The van der Waals surface area contributed by atoms with Crippen molar-refractivity contribution in [1.29, 1.82) is 0 Å². The molecule has 4 rings (SSSR count). The molecule has 0 aliphatic heterocycles. The summed E-state index contributed by atoms with van der Waals surface area (Å²) < 4.78 is 5.34. The highest BCUT2D eigenvalue weighted by atomic mass is 32.1. The van der Waals surface area contributed by atoms with Crippen LogP contribution in [-0.2, 0) is 0 Å². The number of amides is 1. The van der Waals surface area contributed by atoms with E-state index in [0.717, 1.165) is 28.1 Å². The van der Waals surface area contributed by atoms with Crippen LogP contribution >= 0.6 is 11.3 Å². The molecule has 3 aromatic heterocycles. The van der Waals surface area contributed by atoms with E-state index in [1.807, 2.05) is 55.6 Å². The average Bonchev–Trinajstić information content (AvgIpc) is 3.31. The lowest BCUT2D eigenvalue weighted by Crippen LogP contribution is -2.12. The minimum atomic E-state index is -0.386. The number of anilines is 1. The molecule has 0 atom stereocenters. The number of rotatable bonds is 4. The number of carbonyl (C=O) groups excluding carboxylic acids is 1. The molecule has 0 saturated carbocycles. The Balaban J connectivity index is 1.58. The number of thiazole rings is 1. The SMILES string of the molecule is Cc1cccc(-c2ncoc2C(=O)Nc2nc(-c3ncccc3C)cs2)c1. The van der Waals surface area contributed by atoms with Crippen LogP contribution in [0, 0.1) is 13.8 Å². The normalized spacial score (nSPS) is 10.7. The Bertz CT molecular complexity index is 1120. The molecule has 1 N–H and O–H groups in total. The van der Waals surface area contributed by atoms with Crippen LogP contribution in [0.5, 0.6) is 0 Å². The number of nitrogens with zero attached hydrogens (tertiary/aromatic N) is 3. The maximum atomic E-state index is 12.7. The van der Waals surface area contributed by atoms with Crippen molar-refractivity contribution >= 4 is 22.4 Å². The average molecular weight is 376 g/mol. The van der Waals surface area contributed by atoms with Gasteiger partial charge in [-0.1, -0.05) is 29.8 Å². The first-order valence-electron chi connectivity index (χ1n) is 8.31. The Morgan fingerprint density at radius 2 is 2.00 bits per heavy atom. The van der Waals surface area contributed by atoms with Crippen molar-refractivity contribution < 1.29 is 9.21 Å². The predicted octanol–water partition coefficient (Wildman–Crippen LogP) is 4.73. The van der Waals surface area contributed by atoms with Crippen LogP contribution in [0.3, 0.4) is 0 Å². The Kier molecular flexibility index (Phi) is 4.52. The van der Waals surface area contributed by atoms with Crippen LogP contribution in [0.2, 0.25) is 0 Å². The molecule has 0 fully saturated rings. The van der Waals surface area contributed by atoms with Gasteiger partial charge in [-0.05, 0) is 31.5 Å². The van der Waals surface area contributed by atoms with E-state index in [4.69, 9.17) is 4.42 Å². The van der Waals surface area contributed by atoms with Gasteiger partial charge in [-0.15, -0.1) is 11.3 Å². The van der Waals surface area contributed by atoms with Gasteiger partial charge in [-0.3, -0.25) is 15.1 Å². The van der Waals surface area contributed by atoms with Gasteiger partial charge in [0.1, 0.15) is 11.4 Å². The number of hydrogen-bond acceptors (Lipinski definition) is 6.